The van der Waals surface area contributed by atoms with Crippen molar-refractivity contribution in [1.29, 1.82) is 0 Å². The Labute approximate surface area is 121 Å². The van der Waals surface area contributed by atoms with Crippen molar-refractivity contribution in [3.05, 3.63) is 58.4 Å². The fourth-order valence-corrected chi connectivity index (χ4v) is 2.12. The number of nitrogens with zero attached hydrogens (tertiary/aromatic N) is 5. The molecule has 3 aromatic rings. The van der Waals surface area contributed by atoms with E-state index in [9.17, 15) is 4.79 Å². The van der Waals surface area contributed by atoms with E-state index in [1.807, 2.05) is 13.0 Å². The quantitative estimate of drug-likeness (QED) is 0.763. The Hall–Kier alpha value is -2.54. The molecular formula is C14H16N6O. The number of fused-ring (bicyclic) bond motifs is 1. The average molecular weight is 284 g/mol. The highest BCUT2D eigenvalue weighted by atomic mass is 16.1. The first-order valence-corrected chi connectivity index (χ1v) is 6.80. The summed E-state index contributed by atoms with van der Waals surface area (Å²) in [6, 6.07) is 6.83. The maximum Gasteiger partial charge on any atom is 0.258 e. The van der Waals surface area contributed by atoms with Gasteiger partial charge in [-0.05, 0) is 18.6 Å². The third kappa shape index (κ3) is 2.68. The first kappa shape index (κ1) is 13.4. The second-order valence-corrected chi connectivity index (χ2v) is 4.87. The Balaban J connectivity index is 1.91. The van der Waals surface area contributed by atoms with Crippen molar-refractivity contribution in [2.75, 3.05) is 0 Å². The Morgan fingerprint density at radius 2 is 2.24 bits per heavy atom. The van der Waals surface area contributed by atoms with Crippen LogP contribution in [0.25, 0.3) is 5.65 Å². The average Bonchev–Trinajstić information content (AvgIpc) is 2.95. The summed E-state index contributed by atoms with van der Waals surface area (Å²) in [5, 5.41) is 8.07. The molecular weight excluding hydrogens is 268 g/mol. The van der Waals surface area contributed by atoms with Gasteiger partial charge in [-0.1, -0.05) is 18.2 Å². The summed E-state index contributed by atoms with van der Waals surface area (Å²) in [6.45, 7) is 2.39. The first-order chi connectivity index (χ1) is 10.2. The highest BCUT2D eigenvalue weighted by Crippen LogP contribution is 2.09. The molecule has 0 radical (unpaired) electrons. The van der Waals surface area contributed by atoms with Gasteiger partial charge in [0, 0.05) is 12.3 Å². The van der Waals surface area contributed by atoms with Crippen LogP contribution in [0.5, 0.6) is 0 Å². The largest absolute Gasteiger partial charge is 0.323 e. The van der Waals surface area contributed by atoms with Gasteiger partial charge in [0.15, 0.2) is 0 Å². The van der Waals surface area contributed by atoms with Crippen LogP contribution in [0.4, 0.5) is 0 Å². The summed E-state index contributed by atoms with van der Waals surface area (Å²) in [6.07, 6.45) is 4.29. The summed E-state index contributed by atoms with van der Waals surface area (Å²) in [5.41, 5.74) is 7.81. The van der Waals surface area contributed by atoms with Crippen LogP contribution in [0.2, 0.25) is 0 Å². The molecule has 0 aliphatic rings. The fourth-order valence-electron chi connectivity index (χ4n) is 2.12. The minimum Gasteiger partial charge on any atom is -0.323 e. The summed E-state index contributed by atoms with van der Waals surface area (Å²) in [7, 11) is 0. The second kappa shape index (κ2) is 5.45. The minimum absolute atomic E-state index is 0.110. The van der Waals surface area contributed by atoms with Crippen LogP contribution in [0, 0.1) is 0 Å². The number of hydrogen-bond donors (Lipinski definition) is 1. The lowest BCUT2D eigenvalue weighted by molar-refractivity contribution is 0.634. The van der Waals surface area contributed by atoms with Crippen molar-refractivity contribution in [2.45, 2.75) is 25.9 Å². The Morgan fingerprint density at radius 1 is 1.38 bits per heavy atom. The molecule has 7 nitrogen and oxygen atoms in total. The van der Waals surface area contributed by atoms with E-state index in [4.69, 9.17) is 5.73 Å². The molecule has 3 heterocycles. The van der Waals surface area contributed by atoms with Crippen molar-refractivity contribution in [3.8, 4) is 0 Å². The van der Waals surface area contributed by atoms with E-state index in [-0.39, 0.29) is 11.6 Å². The molecule has 3 rings (SSSR count). The maximum absolute atomic E-state index is 12.0. The van der Waals surface area contributed by atoms with Gasteiger partial charge in [-0.2, -0.15) is 0 Å². The molecule has 3 aromatic heterocycles. The maximum atomic E-state index is 12.0. The fraction of sp³-hybridized carbons (Fsp3) is 0.286. The van der Waals surface area contributed by atoms with Crippen LogP contribution in [0.3, 0.4) is 0 Å². The van der Waals surface area contributed by atoms with Crippen LogP contribution < -0.4 is 11.3 Å². The zero-order chi connectivity index (χ0) is 14.8. The molecule has 0 saturated carbocycles. The zero-order valence-electron chi connectivity index (χ0n) is 11.7. The number of aromatic nitrogens is 5. The number of hydrogen-bond acceptors (Lipinski definition) is 5. The van der Waals surface area contributed by atoms with E-state index in [1.54, 1.807) is 29.2 Å². The normalized spacial score (nSPS) is 12.7. The molecule has 0 aromatic carbocycles. The van der Waals surface area contributed by atoms with E-state index < -0.39 is 0 Å². The van der Waals surface area contributed by atoms with Gasteiger partial charge in [0.1, 0.15) is 5.65 Å². The van der Waals surface area contributed by atoms with Crippen molar-refractivity contribution in [3.63, 3.8) is 0 Å². The summed E-state index contributed by atoms with van der Waals surface area (Å²) in [4.78, 5) is 16.5. The van der Waals surface area contributed by atoms with Crippen LogP contribution in [-0.2, 0) is 6.54 Å². The number of nitrogens with two attached hydrogens (primary N) is 1. The Bertz CT molecular complexity index is 821. The second-order valence-electron chi connectivity index (χ2n) is 4.87. The third-order valence-corrected chi connectivity index (χ3v) is 3.32. The molecule has 0 fully saturated rings. The molecule has 0 bridgehead atoms. The lowest BCUT2D eigenvalue weighted by Gasteiger charge is -2.04. The topological polar surface area (TPSA) is 91.1 Å². The van der Waals surface area contributed by atoms with Gasteiger partial charge in [0.2, 0.25) is 0 Å². The number of pyridine rings is 1. The molecule has 1 unspecified atom stereocenters. The van der Waals surface area contributed by atoms with Crippen molar-refractivity contribution < 1.29 is 0 Å². The molecule has 0 aliphatic carbocycles. The molecule has 108 valence electrons. The highest BCUT2D eigenvalue weighted by molar-refractivity contribution is 5.38. The SMILES string of the molecule is CCC(N)c1cn(Cc2cc(=O)n3ccccc3n2)nn1. The number of rotatable bonds is 4. The predicted molar refractivity (Wildman–Crippen MR) is 77.8 cm³/mol. The Morgan fingerprint density at radius 3 is 3.05 bits per heavy atom. The van der Waals surface area contributed by atoms with Crippen molar-refractivity contribution in [2.24, 2.45) is 5.73 Å². The predicted octanol–water partition coefficient (Wildman–Crippen LogP) is 0.744. The molecule has 2 N–H and O–H groups in total. The van der Waals surface area contributed by atoms with Gasteiger partial charge in [0.25, 0.3) is 5.56 Å². The summed E-state index contributed by atoms with van der Waals surface area (Å²) < 4.78 is 3.15. The van der Waals surface area contributed by atoms with Gasteiger partial charge >= 0.3 is 0 Å². The Kier molecular flexibility index (Phi) is 3.49. The van der Waals surface area contributed by atoms with Crippen molar-refractivity contribution >= 4 is 5.65 Å². The van der Waals surface area contributed by atoms with Gasteiger partial charge in [-0.3, -0.25) is 9.20 Å². The van der Waals surface area contributed by atoms with Gasteiger partial charge in [-0.25, -0.2) is 9.67 Å². The van der Waals surface area contributed by atoms with E-state index in [2.05, 4.69) is 15.3 Å². The monoisotopic (exact) mass is 284 g/mol. The van der Waals surface area contributed by atoms with Crippen LogP contribution in [-0.4, -0.2) is 24.4 Å². The van der Waals surface area contributed by atoms with Gasteiger partial charge in [0.05, 0.1) is 30.2 Å². The van der Waals surface area contributed by atoms with E-state index in [0.29, 0.717) is 17.9 Å². The molecule has 0 amide bonds. The molecule has 21 heavy (non-hydrogen) atoms. The van der Waals surface area contributed by atoms with Crippen LogP contribution in [0.1, 0.15) is 30.8 Å². The van der Waals surface area contributed by atoms with Gasteiger partial charge < -0.3 is 5.73 Å². The van der Waals surface area contributed by atoms with E-state index in [0.717, 1.165) is 12.1 Å². The molecule has 7 heteroatoms. The molecule has 0 saturated heterocycles. The van der Waals surface area contributed by atoms with Crippen LogP contribution in [0.15, 0.2) is 41.5 Å². The summed E-state index contributed by atoms with van der Waals surface area (Å²) >= 11 is 0. The molecule has 1 atom stereocenters. The van der Waals surface area contributed by atoms with Crippen LogP contribution >= 0.6 is 0 Å². The first-order valence-electron chi connectivity index (χ1n) is 6.80. The summed E-state index contributed by atoms with van der Waals surface area (Å²) in [5.74, 6) is 0. The van der Waals surface area contributed by atoms with Gasteiger partial charge in [-0.15, -0.1) is 5.10 Å². The highest BCUT2D eigenvalue weighted by Gasteiger charge is 2.09. The third-order valence-electron chi connectivity index (χ3n) is 3.32. The van der Waals surface area contributed by atoms with E-state index >= 15 is 0 Å². The van der Waals surface area contributed by atoms with Crippen molar-refractivity contribution in [1.82, 2.24) is 24.4 Å². The zero-order valence-corrected chi connectivity index (χ0v) is 11.7. The molecule has 0 spiro atoms. The van der Waals surface area contributed by atoms with E-state index in [1.165, 1.54) is 10.5 Å². The standard InChI is InChI=1S/C14H16N6O/c1-2-11(15)12-9-19(18-17-12)8-10-7-14(21)20-6-4-3-5-13(20)16-10/h3-7,9,11H,2,8,15H2,1H3. The molecule has 0 aliphatic heterocycles. The lowest BCUT2D eigenvalue weighted by atomic mass is 10.2. The lowest BCUT2D eigenvalue weighted by Crippen LogP contribution is -2.16. The smallest absolute Gasteiger partial charge is 0.258 e. The minimum atomic E-state index is -0.117.